The number of ether oxygens (including phenoxy) is 1. The second kappa shape index (κ2) is 5.96. The molecule has 4 nitrogen and oxygen atoms in total. The summed E-state index contributed by atoms with van der Waals surface area (Å²) in [6.07, 6.45) is 1.85. The lowest BCUT2D eigenvalue weighted by Gasteiger charge is -2.09. The maximum atomic E-state index is 11.5. The maximum absolute atomic E-state index is 11.5. The van der Waals surface area contributed by atoms with Crippen LogP contribution in [-0.4, -0.2) is 21.3 Å². The van der Waals surface area contributed by atoms with Gasteiger partial charge in [0.15, 0.2) is 9.84 Å². The summed E-state index contributed by atoms with van der Waals surface area (Å²) in [5, 5.41) is 0. The van der Waals surface area contributed by atoms with Gasteiger partial charge in [-0.05, 0) is 29.8 Å². The molecular weight excluding hydrogens is 274 g/mol. The van der Waals surface area contributed by atoms with E-state index in [9.17, 15) is 8.42 Å². The number of nitrogens with two attached hydrogens (primary N) is 1. The predicted molar refractivity (Wildman–Crippen MR) is 79.6 cm³/mol. The van der Waals surface area contributed by atoms with Crippen molar-refractivity contribution < 1.29 is 13.2 Å². The molecule has 0 aliphatic heterocycles. The summed E-state index contributed by atoms with van der Waals surface area (Å²) in [4.78, 5) is 0.259. The maximum Gasteiger partial charge on any atom is 0.175 e. The average molecular weight is 291 g/mol. The molecule has 0 fully saturated rings. The van der Waals surface area contributed by atoms with Gasteiger partial charge in [-0.15, -0.1) is 0 Å². The minimum atomic E-state index is -3.21. The number of nitrogen functional groups attached to an aromatic ring is 1. The lowest BCUT2D eigenvalue weighted by atomic mass is 10.1. The van der Waals surface area contributed by atoms with Crippen LogP contribution in [0, 0.1) is 0 Å². The molecule has 20 heavy (non-hydrogen) atoms. The normalized spacial score (nSPS) is 11.2. The minimum Gasteiger partial charge on any atom is -0.493 e. The Balaban J connectivity index is 2.00. The van der Waals surface area contributed by atoms with E-state index >= 15 is 0 Å². The molecule has 0 aromatic heterocycles. The van der Waals surface area contributed by atoms with E-state index in [-0.39, 0.29) is 4.90 Å². The first-order valence-electron chi connectivity index (χ1n) is 6.23. The van der Waals surface area contributed by atoms with Crippen molar-refractivity contribution in [2.75, 3.05) is 18.6 Å². The monoisotopic (exact) mass is 291 g/mol. The van der Waals surface area contributed by atoms with Gasteiger partial charge in [-0.3, -0.25) is 0 Å². The fourth-order valence-corrected chi connectivity index (χ4v) is 2.49. The van der Waals surface area contributed by atoms with Crippen LogP contribution in [0.25, 0.3) is 0 Å². The van der Waals surface area contributed by atoms with Crippen molar-refractivity contribution in [1.29, 1.82) is 0 Å². The van der Waals surface area contributed by atoms with E-state index in [1.165, 1.54) is 12.3 Å². The molecule has 0 saturated carbocycles. The van der Waals surface area contributed by atoms with Crippen molar-refractivity contribution in [3.05, 3.63) is 54.1 Å². The van der Waals surface area contributed by atoms with Crippen LogP contribution in [0.4, 0.5) is 5.69 Å². The highest BCUT2D eigenvalue weighted by Crippen LogP contribution is 2.18. The van der Waals surface area contributed by atoms with Crippen LogP contribution in [0.3, 0.4) is 0 Å². The van der Waals surface area contributed by atoms with Gasteiger partial charge in [0.25, 0.3) is 0 Å². The largest absolute Gasteiger partial charge is 0.493 e. The third-order valence-corrected chi connectivity index (χ3v) is 4.04. The first-order chi connectivity index (χ1) is 9.47. The molecule has 0 aliphatic carbocycles. The van der Waals surface area contributed by atoms with Gasteiger partial charge in [0.2, 0.25) is 0 Å². The molecule has 0 unspecified atom stereocenters. The van der Waals surface area contributed by atoms with Gasteiger partial charge < -0.3 is 10.5 Å². The lowest BCUT2D eigenvalue weighted by Crippen LogP contribution is -2.04. The molecule has 2 aromatic carbocycles. The Kier molecular flexibility index (Phi) is 4.29. The molecule has 0 saturated heterocycles. The number of rotatable bonds is 5. The van der Waals surface area contributed by atoms with Crippen molar-refractivity contribution in [3.8, 4) is 5.75 Å². The molecule has 0 heterocycles. The molecule has 0 aliphatic rings. The van der Waals surface area contributed by atoms with E-state index in [1.54, 1.807) is 18.2 Å². The van der Waals surface area contributed by atoms with Crippen LogP contribution >= 0.6 is 0 Å². The molecule has 0 radical (unpaired) electrons. The number of para-hydroxylation sites is 1. The number of anilines is 1. The summed E-state index contributed by atoms with van der Waals surface area (Å²) in [6, 6.07) is 14.1. The van der Waals surface area contributed by atoms with Gasteiger partial charge in [-0.2, -0.15) is 0 Å². The highest BCUT2D eigenvalue weighted by molar-refractivity contribution is 7.90. The molecular formula is C15H17NO3S. The van der Waals surface area contributed by atoms with E-state index in [0.29, 0.717) is 18.8 Å². The summed E-state index contributed by atoms with van der Waals surface area (Å²) in [7, 11) is -3.21. The summed E-state index contributed by atoms with van der Waals surface area (Å²) >= 11 is 0. The summed E-state index contributed by atoms with van der Waals surface area (Å²) < 4.78 is 28.5. The fraction of sp³-hybridized carbons (Fsp3) is 0.200. The molecule has 0 atom stereocenters. The van der Waals surface area contributed by atoms with Gasteiger partial charge >= 0.3 is 0 Å². The Hall–Kier alpha value is -2.01. The molecule has 2 aromatic rings. The average Bonchev–Trinajstić information content (AvgIpc) is 2.40. The first kappa shape index (κ1) is 14.4. The van der Waals surface area contributed by atoms with E-state index in [1.807, 2.05) is 24.3 Å². The van der Waals surface area contributed by atoms with Crippen LogP contribution in [-0.2, 0) is 16.3 Å². The van der Waals surface area contributed by atoms with Gasteiger partial charge in [0, 0.05) is 18.4 Å². The van der Waals surface area contributed by atoms with Crippen molar-refractivity contribution in [2.24, 2.45) is 0 Å². The van der Waals surface area contributed by atoms with Gasteiger partial charge in [-0.25, -0.2) is 8.42 Å². The molecule has 2 N–H and O–H groups in total. The van der Waals surface area contributed by atoms with E-state index in [2.05, 4.69) is 0 Å². The molecule has 0 spiro atoms. The smallest absolute Gasteiger partial charge is 0.175 e. The molecule has 0 bridgehead atoms. The first-order valence-corrected chi connectivity index (χ1v) is 8.12. The Morgan fingerprint density at radius 3 is 2.55 bits per heavy atom. The third-order valence-electron chi connectivity index (χ3n) is 2.93. The van der Waals surface area contributed by atoms with Gasteiger partial charge in [0.1, 0.15) is 5.75 Å². The highest BCUT2D eigenvalue weighted by Gasteiger charge is 2.07. The Morgan fingerprint density at radius 2 is 1.85 bits per heavy atom. The zero-order chi connectivity index (χ0) is 14.6. The molecule has 2 rings (SSSR count). The topological polar surface area (TPSA) is 69.4 Å². The molecule has 106 valence electrons. The minimum absolute atomic E-state index is 0.259. The fourth-order valence-electron chi connectivity index (χ4n) is 1.84. The predicted octanol–water partition coefficient (Wildman–Crippen LogP) is 2.29. The second-order valence-corrected chi connectivity index (χ2v) is 6.56. The summed E-state index contributed by atoms with van der Waals surface area (Å²) in [5.41, 5.74) is 7.60. The SMILES string of the molecule is CS(=O)(=O)c1cccc(OCCc2ccccc2N)c1. The van der Waals surface area contributed by atoms with Gasteiger partial charge in [0.05, 0.1) is 11.5 Å². The van der Waals surface area contributed by atoms with E-state index < -0.39 is 9.84 Å². The Bertz CT molecular complexity index is 696. The van der Waals surface area contributed by atoms with Crippen molar-refractivity contribution in [1.82, 2.24) is 0 Å². The van der Waals surface area contributed by atoms with Crippen LogP contribution in [0.15, 0.2) is 53.4 Å². The third kappa shape index (κ3) is 3.74. The van der Waals surface area contributed by atoms with E-state index in [4.69, 9.17) is 10.5 Å². The quantitative estimate of drug-likeness (QED) is 0.858. The van der Waals surface area contributed by atoms with Crippen LogP contribution in [0.5, 0.6) is 5.75 Å². The molecule has 0 amide bonds. The lowest BCUT2D eigenvalue weighted by molar-refractivity contribution is 0.321. The second-order valence-electron chi connectivity index (χ2n) is 4.54. The standard InChI is InChI=1S/C15H17NO3S/c1-20(17,18)14-7-4-6-13(11-14)19-10-9-12-5-2-3-8-15(12)16/h2-8,11H,9-10,16H2,1H3. The number of benzene rings is 2. The molecule has 5 heteroatoms. The Morgan fingerprint density at radius 1 is 1.10 bits per heavy atom. The number of sulfone groups is 1. The number of hydrogen-bond acceptors (Lipinski definition) is 4. The number of hydrogen-bond donors (Lipinski definition) is 1. The summed E-state index contributed by atoms with van der Waals surface area (Å²) in [6.45, 7) is 0.446. The Labute approximate surface area is 119 Å². The highest BCUT2D eigenvalue weighted by atomic mass is 32.2. The van der Waals surface area contributed by atoms with Crippen LogP contribution in [0.1, 0.15) is 5.56 Å². The van der Waals surface area contributed by atoms with Crippen LogP contribution in [0.2, 0.25) is 0 Å². The van der Waals surface area contributed by atoms with E-state index in [0.717, 1.165) is 11.3 Å². The zero-order valence-electron chi connectivity index (χ0n) is 11.2. The van der Waals surface area contributed by atoms with Gasteiger partial charge in [-0.1, -0.05) is 24.3 Å². The van der Waals surface area contributed by atoms with Crippen molar-refractivity contribution >= 4 is 15.5 Å². The summed E-state index contributed by atoms with van der Waals surface area (Å²) in [5.74, 6) is 0.544. The zero-order valence-corrected chi connectivity index (χ0v) is 12.1. The van der Waals surface area contributed by atoms with Crippen LogP contribution < -0.4 is 10.5 Å². The van der Waals surface area contributed by atoms with Crippen molar-refractivity contribution in [2.45, 2.75) is 11.3 Å². The van der Waals surface area contributed by atoms with Crippen molar-refractivity contribution in [3.63, 3.8) is 0 Å².